The summed E-state index contributed by atoms with van der Waals surface area (Å²) < 4.78 is 35.6. The largest absolute Gasteiger partial charge is 0.468 e. The van der Waals surface area contributed by atoms with Crippen molar-refractivity contribution in [2.24, 2.45) is 10.8 Å². The first kappa shape index (κ1) is 17.5. The van der Waals surface area contributed by atoms with Gasteiger partial charge in [-0.1, -0.05) is 32.0 Å². The highest BCUT2D eigenvalue weighted by Crippen LogP contribution is 2.69. The molecule has 0 amide bonds. The van der Waals surface area contributed by atoms with E-state index in [1.165, 1.54) is 6.07 Å². The van der Waals surface area contributed by atoms with E-state index in [4.69, 9.17) is 9.47 Å². The zero-order chi connectivity index (χ0) is 17.6. The first-order chi connectivity index (χ1) is 10.6. The maximum absolute atomic E-state index is 13.1. The molecule has 0 N–H and O–H groups in total. The average molecular weight is 340 g/mol. The molecule has 6 nitrogen and oxygen atoms in total. The van der Waals surface area contributed by atoms with Crippen LogP contribution >= 0.6 is 0 Å². The Morgan fingerprint density at radius 2 is 1.52 bits per heavy atom. The summed E-state index contributed by atoms with van der Waals surface area (Å²) in [7, 11) is -1.68. The minimum Gasteiger partial charge on any atom is -0.468 e. The molecule has 1 aliphatic carbocycles. The zero-order valence-electron chi connectivity index (χ0n) is 13.7. The van der Waals surface area contributed by atoms with Crippen molar-refractivity contribution in [3.63, 3.8) is 0 Å². The lowest BCUT2D eigenvalue weighted by molar-refractivity contribution is -0.163. The van der Waals surface area contributed by atoms with E-state index in [2.05, 4.69) is 0 Å². The zero-order valence-corrected chi connectivity index (χ0v) is 14.6. The summed E-state index contributed by atoms with van der Waals surface area (Å²) in [5.74, 6) is -1.78. The first-order valence-corrected chi connectivity index (χ1v) is 8.61. The van der Waals surface area contributed by atoms with Crippen molar-refractivity contribution in [1.29, 1.82) is 0 Å². The van der Waals surface area contributed by atoms with Gasteiger partial charge in [0.1, 0.15) is 5.25 Å². The topological polar surface area (TPSA) is 86.7 Å². The molecule has 2 rings (SSSR count). The molecule has 1 aromatic rings. The second-order valence-electron chi connectivity index (χ2n) is 6.20. The molecule has 0 saturated heterocycles. The molecule has 0 aromatic heterocycles. The van der Waals surface area contributed by atoms with E-state index in [1.807, 2.05) is 0 Å². The number of ether oxygens (including phenoxy) is 2. The van der Waals surface area contributed by atoms with Crippen molar-refractivity contribution in [1.82, 2.24) is 0 Å². The minimum atomic E-state index is -3.92. The fourth-order valence-corrected chi connectivity index (χ4v) is 6.38. The molecule has 1 unspecified atom stereocenters. The van der Waals surface area contributed by atoms with Gasteiger partial charge in [0.2, 0.25) is 0 Å². The van der Waals surface area contributed by atoms with Crippen LogP contribution in [0.3, 0.4) is 0 Å². The summed E-state index contributed by atoms with van der Waals surface area (Å²) >= 11 is 0. The van der Waals surface area contributed by atoms with E-state index in [-0.39, 0.29) is 4.90 Å². The molecule has 0 spiro atoms. The molecular formula is C16H20O6S. The molecule has 0 aliphatic heterocycles. The van der Waals surface area contributed by atoms with Gasteiger partial charge in [-0.15, -0.1) is 0 Å². The number of carbonyl (C=O) groups is 2. The predicted molar refractivity (Wildman–Crippen MR) is 82.4 cm³/mol. The number of benzene rings is 1. The van der Waals surface area contributed by atoms with Gasteiger partial charge in [0.05, 0.1) is 19.1 Å². The number of carbonyl (C=O) groups excluding carboxylic acids is 2. The van der Waals surface area contributed by atoms with Crippen LogP contribution in [0.2, 0.25) is 0 Å². The number of rotatable bonds is 4. The lowest BCUT2D eigenvalue weighted by Crippen LogP contribution is -2.35. The van der Waals surface area contributed by atoms with Gasteiger partial charge in [0.25, 0.3) is 0 Å². The Bertz CT molecular complexity index is 747. The Kier molecular flexibility index (Phi) is 4.05. The van der Waals surface area contributed by atoms with E-state index in [0.29, 0.717) is 5.56 Å². The number of hydrogen-bond donors (Lipinski definition) is 0. The standard InChI is InChI=1S/C16H20O6S/c1-10-8-6-7-9-11(10)23(19,20)12-15(2,3)16(12,13(17)21-4)14(18)22-5/h6-9,12H,1-5H3. The molecule has 1 aromatic carbocycles. The normalized spacial score (nSPS) is 21.3. The Balaban J connectivity index is 2.66. The lowest BCUT2D eigenvalue weighted by atomic mass is 9.96. The van der Waals surface area contributed by atoms with Crippen LogP contribution in [0, 0.1) is 17.8 Å². The van der Waals surface area contributed by atoms with Crippen molar-refractivity contribution in [2.45, 2.75) is 30.9 Å². The summed E-state index contributed by atoms with van der Waals surface area (Å²) in [6.45, 7) is 4.78. The molecule has 1 aliphatic rings. The van der Waals surface area contributed by atoms with E-state index < -0.39 is 37.9 Å². The highest BCUT2D eigenvalue weighted by Gasteiger charge is 2.86. The summed E-state index contributed by atoms with van der Waals surface area (Å²) in [6.07, 6.45) is 0. The van der Waals surface area contributed by atoms with Crippen LogP contribution in [-0.4, -0.2) is 39.8 Å². The smallest absolute Gasteiger partial charge is 0.325 e. The molecule has 0 heterocycles. The van der Waals surface area contributed by atoms with Gasteiger partial charge in [-0.3, -0.25) is 9.59 Å². The fourth-order valence-electron chi connectivity index (χ4n) is 3.48. The quantitative estimate of drug-likeness (QED) is 0.610. The SMILES string of the molecule is COC(=O)C1(C(=O)OC)C(S(=O)(=O)c2ccccc2C)C1(C)C. The molecule has 7 heteroatoms. The summed E-state index contributed by atoms with van der Waals surface area (Å²) in [6, 6.07) is 6.46. The van der Waals surface area contributed by atoms with Crippen molar-refractivity contribution >= 4 is 21.8 Å². The number of sulfone groups is 1. The van der Waals surface area contributed by atoms with Crippen molar-refractivity contribution in [3.05, 3.63) is 29.8 Å². The molecular weight excluding hydrogens is 320 g/mol. The van der Waals surface area contributed by atoms with Gasteiger partial charge in [-0.25, -0.2) is 8.42 Å². The second kappa shape index (κ2) is 5.33. The third-order valence-corrected chi connectivity index (χ3v) is 7.34. The molecule has 1 saturated carbocycles. The highest BCUT2D eigenvalue weighted by molar-refractivity contribution is 7.92. The van der Waals surface area contributed by atoms with Crippen LogP contribution in [0.25, 0.3) is 0 Å². The Hall–Kier alpha value is -1.89. The minimum absolute atomic E-state index is 0.104. The van der Waals surface area contributed by atoms with Crippen LogP contribution in [0.5, 0.6) is 0 Å². The van der Waals surface area contributed by atoms with Crippen LogP contribution in [-0.2, 0) is 28.9 Å². The van der Waals surface area contributed by atoms with Crippen LogP contribution in [0.1, 0.15) is 19.4 Å². The van der Waals surface area contributed by atoms with Gasteiger partial charge in [-0.2, -0.15) is 0 Å². The number of methoxy groups -OCH3 is 2. The summed E-state index contributed by atoms with van der Waals surface area (Å²) in [4.78, 5) is 24.7. The number of esters is 2. The Morgan fingerprint density at radius 3 is 1.96 bits per heavy atom. The van der Waals surface area contributed by atoms with Crippen LogP contribution in [0.15, 0.2) is 29.2 Å². The third-order valence-electron chi connectivity index (χ3n) is 4.71. The van der Waals surface area contributed by atoms with Crippen molar-refractivity contribution in [3.8, 4) is 0 Å². The van der Waals surface area contributed by atoms with Gasteiger partial charge in [0, 0.05) is 5.41 Å². The van der Waals surface area contributed by atoms with E-state index in [1.54, 1.807) is 39.0 Å². The fraction of sp³-hybridized carbons (Fsp3) is 0.500. The summed E-state index contributed by atoms with van der Waals surface area (Å²) in [5, 5.41) is -1.23. The van der Waals surface area contributed by atoms with Crippen molar-refractivity contribution < 1.29 is 27.5 Å². The molecule has 1 fully saturated rings. The van der Waals surface area contributed by atoms with Crippen LogP contribution < -0.4 is 0 Å². The van der Waals surface area contributed by atoms with Gasteiger partial charge < -0.3 is 9.47 Å². The molecule has 126 valence electrons. The molecule has 0 bridgehead atoms. The van der Waals surface area contributed by atoms with Crippen LogP contribution in [0.4, 0.5) is 0 Å². The number of hydrogen-bond acceptors (Lipinski definition) is 6. The maximum atomic E-state index is 13.1. The second-order valence-corrected chi connectivity index (χ2v) is 8.20. The highest BCUT2D eigenvalue weighted by atomic mass is 32.2. The van der Waals surface area contributed by atoms with E-state index in [0.717, 1.165) is 14.2 Å². The lowest BCUT2D eigenvalue weighted by Gasteiger charge is -2.14. The Labute approximate surface area is 135 Å². The maximum Gasteiger partial charge on any atom is 0.325 e. The average Bonchev–Trinajstić information content (AvgIpc) is 3.04. The van der Waals surface area contributed by atoms with Gasteiger partial charge >= 0.3 is 11.9 Å². The first-order valence-electron chi connectivity index (χ1n) is 7.06. The molecule has 23 heavy (non-hydrogen) atoms. The van der Waals surface area contributed by atoms with Crippen molar-refractivity contribution in [2.75, 3.05) is 14.2 Å². The van der Waals surface area contributed by atoms with E-state index >= 15 is 0 Å². The molecule has 1 atom stereocenters. The predicted octanol–water partition coefficient (Wildman–Crippen LogP) is 1.51. The number of aryl methyl sites for hydroxylation is 1. The van der Waals surface area contributed by atoms with Gasteiger partial charge in [0.15, 0.2) is 15.3 Å². The third kappa shape index (κ3) is 2.09. The van der Waals surface area contributed by atoms with E-state index in [9.17, 15) is 18.0 Å². The monoisotopic (exact) mass is 340 g/mol. The molecule has 0 radical (unpaired) electrons. The Morgan fingerprint density at radius 1 is 1.04 bits per heavy atom. The van der Waals surface area contributed by atoms with Gasteiger partial charge in [-0.05, 0) is 18.6 Å². The summed E-state index contributed by atoms with van der Waals surface area (Å²) in [5.41, 5.74) is -2.43.